The molecule has 1 aliphatic rings. The van der Waals surface area contributed by atoms with E-state index in [2.05, 4.69) is 38.0 Å². The van der Waals surface area contributed by atoms with E-state index < -0.39 is 0 Å². The first-order valence-corrected chi connectivity index (χ1v) is 6.51. The van der Waals surface area contributed by atoms with Gasteiger partial charge >= 0.3 is 0 Å². The Labute approximate surface area is 95.4 Å². The molecular formula is C13H28N2. The number of hydrogen-bond donors (Lipinski definition) is 1. The number of piperidine rings is 1. The Kier molecular flexibility index (Phi) is 5.07. The van der Waals surface area contributed by atoms with E-state index in [-0.39, 0.29) is 0 Å². The van der Waals surface area contributed by atoms with Crippen LogP contribution in [-0.4, -0.2) is 36.6 Å². The van der Waals surface area contributed by atoms with E-state index in [1.54, 1.807) is 0 Å². The third-order valence-electron chi connectivity index (χ3n) is 4.12. The summed E-state index contributed by atoms with van der Waals surface area (Å²) in [5, 5.41) is 3.62. The van der Waals surface area contributed by atoms with Crippen molar-refractivity contribution >= 4 is 0 Å². The van der Waals surface area contributed by atoms with Crippen LogP contribution in [0.1, 0.15) is 52.9 Å². The van der Waals surface area contributed by atoms with E-state index >= 15 is 0 Å². The molecule has 1 aliphatic heterocycles. The summed E-state index contributed by atoms with van der Waals surface area (Å²) in [5.74, 6) is 0. The van der Waals surface area contributed by atoms with Crippen LogP contribution in [0.2, 0.25) is 0 Å². The predicted molar refractivity (Wildman–Crippen MR) is 67.3 cm³/mol. The highest BCUT2D eigenvalue weighted by Crippen LogP contribution is 2.18. The molecule has 0 radical (unpaired) electrons. The molecule has 0 aromatic rings. The average molecular weight is 212 g/mol. The fraction of sp³-hybridized carbons (Fsp3) is 1.00. The molecule has 0 saturated carbocycles. The molecule has 1 N–H and O–H groups in total. The molecule has 2 heteroatoms. The van der Waals surface area contributed by atoms with Gasteiger partial charge in [0, 0.05) is 11.6 Å². The van der Waals surface area contributed by atoms with E-state index in [4.69, 9.17) is 0 Å². The van der Waals surface area contributed by atoms with Crippen LogP contribution < -0.4 is 5.32 Å². The van der Waals surface area contributed by atoms with Gasteiger partial charge in [0.2, 0.25) is 0 Å². The van der Waals surface area contributed by atoms with Gasteiger partial charge in [-0.3, -0.25) is 0 Å². The quantitative estimate of drug-likeness (QED) is 0.753. The van der Waals surface area contributed by atoms with Gasteiger partial charge in [-0.1, -0.05) is 13.3 Å². The maximum atomic E-state index is 3.62. The third-order valence-corrected chi connectivity index (χ3v) is 4.12. The van der Waals surface area contributed by atoms with Crippen molar-refractivity contribution in [2.75, 3.05) is 20.1 Å². The van der Waals surface area contributed by atoms with E-state index in [1.165, 1.54) is 45.2 Å². The zero-order valence-corrected chi connectivity index (χ0v) is 11.0. The Hall–Kier alpha value is -0.0800. The molecule has 1 atom stereocenters. The van der Waals surface area contributed by atoms with Crippen molar-refractivity contribution < 1.29 is 0 Å². The first kappa shape index (κ1) is 13.0. The Morgan fingerprint density at radius 3 is 2.60 bits per heavy atom. The zero-order chi connectivity index (χ0) is 11.3. The van der Waals surface area contributed by atoms with Gasteiger partial charge in [0.25, 0.3) is 0 Å². The van der Waals surface area contributed by atoms with Crippen LogP contribution in [0, 0.1) is 0 Å². The summed E-state index contributed by atoms with van der Waals surface area (Å²) in [5.41, 5.74) is 0.356. The van der Waals surface area contributed by atoms with Crippen molar-refractivity contribution in [2.24, 2.45) is 0 Å². The molecule has 0 aromatic heterocycles. The lowest BCUT2D eigenvalue weighted by Crippen LogP contribution is -2.44. The SMILES string of the molecule is CCC(C)(C)N(C)CCC1CCCCN1. The van der Waals surface area contributed by atoms with Crippen LogP contribution in [0.3, 0.4) is 0 Å². The molecule has 1 heterocycles. The second kappa shape index (κ2) is 5.86. The Morgan fingerprint density at radius 1 is 1.33 bits per heavy atom. The minimum Gasteiger partial charge on any atom is -0.314 e. The van der Waals surface area contributed by atoms with Crippen LogP contribution >= 0.6 is 0 Å². The molecule has 1 saturated heterocycles. The van der Waals surface area contributed by atoms with Crippen LogP contribution in [0.15, 0.2) is 0 Å². The summed E-state index contributed by atoms with van der Waals surface area (Å²) >= 11 is 0. The van der Waals surface area contributed by atoms with Crippen LogP contribution in [0.4, 0.5) is 0 Å². The standard InChI is InChI=1S/C13H28N2/c1-5-13(2,3)15(4)11-9-12-8-6-7-10-14-12/h12,14H,5-11H2,1-4H3. The fourth-order valence-corrected chi connectivity index (χ4v) is 2.09. The number of hydrogen-bond acceptors (Lipinski definition) is 2. The lowest BCUT2D eigenvalue weighted by Gasteiger charge is -2.36. The highest BCUT2D eigenvalue weighted by molar-refractivity contribution is 4.80. The first-order valence-electron chi connectivity index (χ1n) is 6.51. The first-order chi connectivity index (χ1) is 7.06. The monoisotopic (exact) mass is 212 g/mol. The van der Waals surface area contributed by atoms with Crippen molar-refractivity contribution in [1.82, 2.24) is 10.2 Å². The molecule has 0 aliphatic carbocycles. The van der Waals surface area contributed by atoms with E-state index in [9.17, 15) is 0 Å². The van der Waals surface area contributed by atoms with Crippen LogP contribution in [-0.2, 0) is 0 Å². The summed E-state index contributed by atoms with van der Waals surface area (Å²) in [6.45, 7) is 9.39. The summed E-state index contributed by atoms with van der Waals surface area (Å²) in [4.78, 5) is 2.50. The minimum absolute atomic E-state index is 0.356. The average Bonchev–Trinajstić information content (AvgIpc) is 2.27. The van der Waals surface area contributed by atoms with Gasteiger partial charge in [0.05, 0.1) is 0 Å². The lowest BCUT2D eigenvalue weighted by atomic mass is 9.97. The summed E-state index contributed by atoms with van der Waals surface area (Å²) in [6.07, 6.45) is 6.69. The molecule has 1 rings (SSSR count). The second-order valence-corrected chi connectivity index (χ2v) is 5.52. The summed E-state index contributed by atoms with van der Waals surface area (Å²) < 4.78 is 0. The van der Waals surface area contributed by atoms with Gasteiger partial charge in [-0.2, -0.15) is 0 Å². The normalized spacial score (nSPS) is 23.4. The molecule has 1 unspecified atom stereocenters. The predicted octanol–water partition coefficient (Wildman–Crippen LogP) is 2.64. The topological polar surface area (TPSA) is 15.3 Å². The van der Waals surface area contributed by atoms with E-state index in [0.717, 1.165) is 6.04 Å². The third kappa shape index (κ3) is 4.12. The van der Waals surface area contributed by atoms with Crippen molar-refractivity contribution in [3.05, 3.63) is 0 Å². The molecule has 0 aromatic carbocycles. The van der Waals surface area contributed by atoms with Crippen LogP contribution in [0.5, 0.6) is 0 Å². The maximum Gasteiger partial charge on any atom is 0.0147 e. The van der Waals surface area contributed by atoms with Crippen molar-refractivity contribution in [2.45, 2.75) is 64.5 Å². The number of nitrogens with one attached hydrogen (secondary N) is 1. The van der Waals surface area contributed by atoms with Crippen molar-refractivity contribution in [3.63, 3.8) is 0 Å². The fourth-order valence-electron chi connectivity index (χ4n) is 2.09. The Morgan fingerprint density at radius 2 is 2.07 bits per heavy atom. The Bertz CT molecular complexity index is 171. The molecule has 0 bridgehead atoms. The largest absolute Gasteiger partial charge is 0.314 e. The van der Waals surface area contributed by atoms with Gasteiger partial charge in [0.15, 0.2) is 0 Å². The molecule has 0 spiro atoms. The highest BCUT2D eigenvalue weighted by Gasteiger charge is 2.22. The number of rotatable bonds is 5. The molecule has 1 fully saturated rings. The van der Waals surface area contributed by atoms with Gasteiger partial charge in [0.1, 0.15) is 0 Å². The van der Waals surface area contributed by atoms with E-state index in [1.807, 2.05) is 0 Å². The molecule has 0 amide bonds. The highest BCUT2D eigenvalue weighted by atomic mass is 15.2. The molecule has 15 heavy (non-hydrogen) atoms. The van der Waals surface area contributed by atoms with Gasteiger partial charge < -0.3 is 10.2 Å². The molecule has 2 nitrogen and oxygen atoms in total. The second-order valence-electron chi connectivity index (χ2n) is 5.52. The summed E-state index contributed by atoms with van der Waals surface area (Å²) in [7, 11) is 2.26. The molecule has 90 valence electrons. The van der Waals surface area contributed by atoms with Gasteiger partial charge in [-0.25, -0.2) is 0 Å². The number of nitrogens with zero attached hydrogens (tertiary/aromatic N) is 1. The maximum absolute atomic E-state index is 3.62. The summed E-state index contributed by atoms with van der Waals surface area (Å²) in [6, 6.07) is 0.772. The Balaban J connectivity index is 2.23. The van der Waals surface area contributed by atoms with Crippen LogP contribution in [0.25, 0.3) is 0 Å². The zero-order valence-electron chi connectivity index (χ0n) is 11.0. The van der Waals surface area contributed by atoms with Gasteiger partial charge in [-0.05, 0) is 59.7 Å². The van der Waals surface area contributed by atoms with Gasteiger partial charge in [-0.15, -0.1) is 0 Å². The van der Waals surface area contributed by atoms with Crippen molar-refractivity contribution in [1.29, 1.82) is 0 Å². The van der Waals surface area contributed by atoms with E-state index in [0.29, 0.717) is 5.54 Å². The lowest BCUT2D eigenvalue weighted by molar-refractivity contribution is 0.141. The van der Waals surface area contributed by atoms with Crippen molar-refractivity contribution in [3.8, 4) is 0 Å². The smallest absolute Gasteiger partial charge is 0.0147 e. The molecular weight excluding hydrogens is 184 g/mol. The minimum atomic E-state index is 0.356.